The Morgan fingerprint density at radius 2 is 0.691 bits per heavy atom. The number of thiophene rings is 1. The minimum Gasteiger partial charge on any atom is -0.208 e. The van der Waals surface area contributed by atoms with Crippen molar-refractivity contribution in [2.24, 2.45) is 0 Å². The molecule has 0 aliphatic rings. The van der Waals surface area contributed by atoms with E-state index in [0.29, 0.717) is 17.5 Å². The quantitative estimate of drug-likeness (QED) is 0.166. The topological polar surface area (TPSA) is 38.7 Å². The van der Waals surface area contributed by atoms with Crippen LogP contribution in [0.4, 0.5) is 0 Å². The van der Waals surface area contributed by atoms with Crippen LogP contribution >= 0.6 is 11.3 Å². The van der Waals surface area contributed by atoms with Crippen molar-refractivity contribution in [2.45, 2.75) is 0 Å². The highest BCUT2D eigenvalue weighted by Crippen LogP contribution is 2.48. The molecule has 55 heavy (non-hydrogen) atoms. The molecule has 0 atom stereocenters. The minimum absolute atomic E-state index is 0.642. The summed E-state index contributed by atoms with van der Waals surface area (Å²) in [5, 5.41) is 9.84. The number of fused-ring (bicyclic) bond motifs is 10. The summed E-state index contributed by atoms with van der Waals surface area (Å²) in [4.78, 5) is 15.8. The van der Waals surface area contributed by atoms with E-state index in [0.717, 1.165) is 27.8 Å². The molecule has 11 rings (SSSR count). The molecular formula is C51H31N3S. The van der Waals surface area contributed by atoms with Gasteiger partial charge in [-0.2, -0.15) is 0 Å². The summed E-state index contributed by atoms with van der Waals surface area (Å²) in [5.74, 6) is 1.94. The van der Waals surface area contributed by atoms with Crippen molar-refractivity contribution in [3.63, 3.8) is 0 Å². The number of benzene rings is 9. The molecule has 0 saturated carbocycles. The molecule has 0 N–H and O–H groups in total. The van der Waals surface area contributed by atoms with Crippen LogP contribution in [-0.4, -0.2) is 15.0 Å². The van der Waals surface area contributed by atoms with E-state index < -0.39 is 0 Å². The van der Waals surface area contributed by atoms with Crippen molar-refractivity contribution in [1.82, 2.24) is 15.0 Å². The predicted molar refractivity (Wildman–Crippen MR) is 232 cm³/mol. The standard InChI is InChI=1S/C51H31N3S/c1-3-13-32(14-4-1)34-23-27-36(28-24-34)49-52-50(37-29-25-35(26-30-37)33-15-5-2-6-16-33)54-51(53-49)44-31-43-40-19-8-7-17-38(40)39-18-9-10-20-41(39)46(43)48-47(44)42-21-11-12-22-45(42)55-48/h1-31H. The zero-order valence-corrected chi connectivity index (χ0v) is 30.5. The van der Waals surface area contributed by atoms with Gasteiger partial charge in [0.2, 0.25) is 0 Å². The summed E-state index contributed by atoms with van der Waals surface area (Å²) >= 11 is 1.85. The molecule has 3 nitrogen and oxygen atoms in total. The first kappa shape index (κ1) is 31.5. The van der Waals surface area contributed by atoms with Crippen molar-refractivity contribution < 1.29 is 0 Å². The van der Waals surface area contributed by atoms with Crippen molar-refractivity contribution in [1.29, 1.82) is 0 Å². The third-order valence-corrected chi connectivity index (χ3v) is 11.9. The molecule has 11 aromatic rings. The molecule has 0 aliphatic carbocycles. The molecule has 0 saturated heterocycles. The second-order valence-corrected chi connectivity index (χ2v) is 15.0. The van der Waals surface area contributed by atoms with Crippen LogP contribution in [0.15, 0.2) is 188 Å². The molecule has 256 valence electrons. The largest absolute Gasteiger partial charge is 0.208 e. The van der Waals surface area contributed by atoms with Gasteiger partial charge < -0.3 is 0 Å². The Balaban J connectivity index is 1.19. The van der Waals surface area contributed by atoms with Crippen molar-refractivity contribution in [3.8, 4) is 56.4 Å². The Morgan fingerprint density at radius 3 is 1.25 bits per heavy atom. The normalized spacial score (nSPS) is 11.6. The van der Waals surface area contributed by atoms with E-state index in [4.69, 9.17) is 15.0 Å². The molecule has 2 heterocycles. The fraction of sp³-hybridized carbons (Fsp3) is 0. The highest BCUT2D eigenvalue weighted by Gasteiger charge is 2.22. The third-order valence-electron chi connectivity index (χ3n) is 10.7. The zero-order chi connectivity index (χ0) is 36.3. The summed E-state index contributed by atoms with van der Waals surface area (Å²) in [7, 11) is 0. The van der Waals surface area contributed by atoms with Crippen LogP contribution in [0.3, 0.4) is 0 Å². The van der Waals surface area contributed by atoms with Gasteiger partial charge in [-0.25, -0.2) is 15.0 Å². The van der Waals surface area contributed by atoms with E-state index in [1.165, 1.54) is 63.6 Å². The Bertz CT molecular complexity index is 3120. The van der Waals surface area contributed by atoms with Gasteiger partial charge in [-0.05, 0) is 61.3 Å². The Hall–Kier alpha value is -7.01. The van der Waals surface area contributed by atoms with Gasteiger partial charge in [0, 0.05) is 42.2 Å². The lowest BCUT2D eigenvalue weighted by Crippen LogP contribution is -2.01. The summed E-state index contributed by atoms with van der Waals surface area (Å²) in [6.45, 7) is 0. The molecule has 0 spiro atoms. The molecular weight excluding hydrogens is 687 g/mol. The highest BCUT2D eigenvalue weighted by molar-refractivity contribution is 7.27. The van der Waals surface area contributed by atoms with Gasteiger partial charge in [0.05, 0.1) is 0 Å². The van der Waals surface area contributed by atoms with Crippen LogP contribution in [0.2, 0.25) is 0 Å². The zero-order valence-electron chi connectivity index (χ0n) is 29.6. The lowest BCUT2D eigenvalue weighted by Gasteiger charge is -2.15. The average Bonchev–Trinajstić information content (AvgIpc) is 3.66. The van der Waals surface area contributed by atoms with Gasteiger partial charge in [-0.1, -0.05) is 176 Å². The lowest BCUT2D eigenvalue weighted by atomic mass is 9.91. The predicted octanol–water partition coefficient (Wildman–Crippen LogP) is 14.0. The number of aromatic nitrogens is 3. The van der Waals surface area contributed by atoms with E-state index in [2.05, 4.69) is 176 Å². The third kappa shape index (κ3) is 5.30. The van der Waals surface area contributed by atoms with Crippen molar-refractivity contribution >= 4 is 63.8 Å². The maximum absolute atomic E-state index is 5.34. The second kappa shape index (κ2) is 12.8. The molecule has 0 bridgehead atoms. The Labute approximate surface area is 321 Å². The van der Waals surface area contributed by atoms with E-state index in [9.17, 15) is 0 Å². The van der Waals surface area contributed by atoms with Crippen LogP contribution < -0.4 is 0 Å². The fourth-order valence-corrected chi connectivity index (χ4v) is 9.37. The first-order chi connectivity index (χ1) is 27.3. The average molecular weight is 718 g/mol. The Kier molecular flexibility index (Phi) is 7.35. The van der Waals surface area contributed by atoms with Crippen molar-refractivity contribution in [3.05, 3.63) is 188 Å². The fourth-order valence-electron chi connectivity index (χ4n) is 8.08. The summed E-state index contributed by atoms with van der Waals surface area (Å²) in [5.41, 5.74) is 7.53. The lowest BCUT2D eigenvalue weighted by molar-refractivity contribution is 1.08. The Morgan fingerprint density at radius 1 is 0.291 bits per heavy atom. The number of hydrogen-bond donors (Lipinski definition) is 0. The number of rotatable bonds is 5. The first-order valence-corrected chi connectivity index (χ1v) is 19.3. The molecule has 9 aromatic carbocycles. The molecule has 0 aliphatic heterocycles. The maximum Gasteiger partial charge on any atom is 0.164 e. The van der Waals surface area contributed by atoms with Gasteiger partial charge >= 0.3 is 0 Å². The van der Waals surface area contributed by atoms with Crippen molar-refractivity contribution in [2.75, 3.05) is 0 Å². The van der Waals surface area contributed by atoms with E-state index in [-0.39, 0.29) is 0 Å². The monoisotopic (exact) mass is 717 g/mol. The van der Waals surface area contributed by atoms with Gasteiger partial charge in [0.25, 0.3) is 0 Å². The SMILES string of the molecule is c1ccc(-c2ccc(-c3nc(-c4ccc(-c5ccccc5)cc4)nc(-c4cc5c6ccccc6c6ccccc6c5c5sc6ccccc6c45)n3)cc2)cc1. The smallest absolute Gasteiger partial charge is 0.164 e. The minimum atomic E-state index is 0.642. The molecule has 0 amide bonds. The van der Waals surface area contributed by atoms with Crippen LogP contribution in [0.5, 0.6) is 0 Å². The van der Waals surface area contributed by atoms with Crippen LogP contribution in [-0.2, 0) is 0 Å². The molecule has 0 unspecified atom stereocenters. The van der Waals surface area contributed by atoms with Crippen LogP contribution in [0.1, 0.15) is 0 Å². The maximum atomic E-state index is 5.34. The van der Waals surface area contributed by atoms with Gasteiger partial charge in [0.1, 0.15) is 0 Å². The van der Waals surface area contributed by atoms with Gasteiger partial charge in [0.15, 0.2) is 17.5 Å². The van der Waals surface area contributed by atoms with E-state index in [1.54, 1.807) is 0 Å². The van der Waals surface area contributed by atoms with Gasteiger partial charge in [-0.15, -0.1) is 11.3 Å². The highest BCUT2D eigenvalue weighted by atomic mass is 32.1. The second-order valence-electron chi connectivity index (χ2n) is 13.9. The summed E-state index contributed by atoms with van der Waals surface area (Å²) in [6, 6.07) is 66.7. The molecule has 0 fully saturated rings. The van der Waals surface area contributed by atoms with Crippen LogP contribution in [0, 0.1) is 0 Å². The summed E-state index contributed by atoms with van der Waals surface area (Å²) in [6.07, 6.45) is 0. The van der Waals surface area contributed by atoms with Crippen LogP contribution in [0.25, 0.3) is 109 Å². The number of nitrogens with zero attached hydrogens (tertiary/aromatic N) is 3. The molecule has 4 heteroatoms. The van der Waals surface area contributed by atoms with E-state index >= 15 is 0 Å². The van der Waals surface area contributed by atoms with Gasteiger partial charge in [-0.3, -0.25) is 0 Å². The van der Waals surface area contributed by atoms with E-state index in [1.807, 2.05) is 23.5 Å². The first-order valence-electron chi connectivity index (χ1n) is 18.5. The molecule has 2 aromatic heterocycles. The number of hydrogen-bond acceptors (Lipinski definition) is 4. The summed E-state index contributed by atoms with van der Waals surface area (Å²) < 4.78 is 2.49. The molecule has 0 radical (unpaired) electrons.